The van der Waals surface area contributed by atoms with E-state index in [2.05, 4.69) is 10.2 Å². The Kier molecular flexibility index (Phi) is 10.9. The number of aromatic nitrogens is 2. The number of halogens is 1. The maximum absolute atomic E-state index is 14.2. The summed E-state index contributed by atoms with van der Waals surface area (Å²) in [6.45, 7) is 7.22. The van der Waals surface area contributed by atoms with Crippen LogP contribution in [0.5, 0.6) is 17.2 Å². The summed E-state index contributed by atoms with van der Waals surface area (Å²) in [5.41, 5.74) is 1.25. The fraction of sp³-hybridized carbons (Fsp3) is 0.294. The van der Waals surface area contributed by atoms with Gasteiger partial charge >= 0.3 is 5.91 Å². The Morgan fingerprint density at radius 1 is 0.935 bits per heavy atom. The quantitative estimate of drug-likeness (QED) is 0.0480. The second kappa shape index (κ2) is 15.2. The first-order valence-corrected chi connectivity index (χ1v) is 16.8. The number of thioether (sulfide) groups is 1. The lowest BCUT2D eigenvalue weighted by molar-refractivity contribution is -0.132. The summed E-state index contributed by atoms with van der Waals surface area (Å²) in [5, 5.41) is 20.2. The van der Waals surface area contributed by atoms with Crippen LogP contribution in [-0.2, 0) is 15.3 Å². The molecule has 9 nitrogen and oxygen atoms in total. The molecule has 1 aliphatic heterocycles. The van der Waals surface area contributed by atoms with Gasteiger partial charge in [-0.15, -0.1) is 10.2 Å². The van der Waals surface area contributed by atoms with Crippen molar-refractivity contribution < 1.29 is 33.3 Å². The number of anilines is 1. The molecule has 1 aromatic heterocycles. The highest BCUT2D eigenvalue weighted by atomic mass is 32.2. The zero-order chi connectivity index (χ0) is 32.6. The maximum Gasteiger partial charge on any atom is 0.301 e. The molecule has 0 spiro atoms. The molecule has 3 aromatic carbocycles. The number of ether oxygens (including phenoxy) is 3. The molecular weight excluding hydrogens is 630 g/mol. The maximum atomic E-state index is 14.2. The largest absolute Gasteiger partial charge is 0.507 e. The molecule has 0 aliphatic carbocycles. The highest BCUT2D eigenvalue weighted by molar-refractivity contribution is 8.00. The fourth-order valence-electron chi connectivity index (χ4n) is 4.84. The predicted octanol–water partition coefficient (Wildman–Crippen LogP) is 7.57. The van der Waals surface area contributed by atoms with Crippen molar-refractivity contribution in [2.24, 2.45) is 0 Å². The SMILES string of the molecule is CCCOc1ccc(C(O)=C2C(=O)C(=O)N(c3nnc(SCc4ccccc4F)s3)C2c2ccc(OCCC)c(OCC)c2)cc1. The van der Waals surface area contributed by atoms with Crippen molar-refractivity contribution >= 4 is 45.7 Å². The van der Waals surface area contributed by atoms with Crippen LogP contribution in [0.1, 0.15) is 56.3 Å². The van der Waals surface area contributed by atoms with E-state index in [1.165, 1.54) is 22.7 Å². The van der Waals surface area contributed by atoms with Gasteiger partial charge in [0.1, 0.15) is 17.3 Å². The van der Waals surface area contributed by atoms with Crippen LogP contribution in [0.25, 0.3) is 5.76 Å². The van der Waals surface area contributed by atoms with Crippen LogP contribution in [0.2, 0.25) is 0 Å². The molecule has 240 valence electrons. The molecule has 1 fully saturated rings. The number of hydrogen-bond acceptors (Lipinski definition) is 10. The molecule has 1 saturated heterocycles. The van der Waals surface area contributed by atoms with E-state index in [1.807, 2.05) is 20.8 Å². The minimum Gasteiger partial charge on any atom is -0.507 e. The smallest absolute Gasteiger partial charge is 0.301 e. The normalized spacial score (nSPS) is 15.7. The van der Waals surface area contributed by atoms with Crippen LogP contribution in [0.3, 0.4) is 0 Å². The number of aliphatic hydroxyl groups excluding tert-OH is 1. The summed E-state index contributed by atoms with van der Waals surface area (Å²) in [6.07, 6.45) is 1.64. The van der Waals surface area contributed by atoms with E-state index in [0.717, 1.165) is 24.2 Å². The van der Waals surface area contributed by atoms with Crippen LogP contribution in [0.15, 0.2) is 76.6 Å². The standard InChI is InChI=1S/C34H34FN3O6S2/c1-4-17-43-24-14-11-21(12-15-24)30(39)28-29(22-13-16-26(44-18-5-2)27(19-22)42-6-3)38(32(41)31(28)40)33-36-37-34(46-33)45-20-23-9-7-8-10-25(23)35/h7-16,19,29,39H,4-6,17-18,20H2,1-3H3. The van der Waals surface area contributed by atoms with E-state index in [1.54, 1.807) is 60.7 Å². The molecule has 1 aliphatic rings. The van der Waals surface area contributed by atoms with E-state index in [9.17, 15) is 19.1 Å². The lowest BCUT2D eigenvalue weighted by Gasteiger charge is -2.23. The highest BCUT2D eigenvalue weighted by Crippen LogP contribution is 2.46. The molecule has 1 unspecified atom stereocenters. The fourth-order valence-corrected chi connectivity index (χ4v) is 6.69. The average Bonchev–Trinajstić information content (AvgIpc) is 3.64. The lowest BCUT2D eigenvalue weighted by Crippen LogP contribution is -2.29. The van der Waals surface area contributed by atoms with Crippen molar-refractivity contribution in [3.05, 3.63) is 94.8 Å². The molecule has 5 rings (SSSR count). The van der Waals surface area contributed by atoms with Crippen molar-refractivity contribution in [3.8, 4) is 17.2 Å². The van der Waals surface area contributed by atoms with Gasteiger partial charge in [-0.05, 0) is 73.4 Å². The zero-order valence-corrected chi connectivity index (χ0v) is 27.3. The molecule has 46 heavy (non-hydrogen) atoms. The third-order valence-electron chi connectivity index (χ3n) is 7.00. The Balaban J connectivity index is 1.56. The van der Waals surface area contributed by atoms with Crippen LogP contribution in [0, 0.1) is 5.82 Å². The molecule has 4 aromatic rings. The third kappa shape index (κ3) is 7.18. The first-order chi connectivity index (χ1) is 22.4. The van der Waals surface area contributed by atoms with Crippen LogP contribution in [0.4, 0.5) is 9.52 Å². The molecule has 12 heteroatoms. The number of nitrogens with zero attached hydrogens (tertiary/aromatic N) is 3. The first kappa shape index (κ1) is 33.0. The molecule has 1 amide bonds. The number of benzene rings is 3. The van der Waals surface area contributed by atoms with Gasteiger partial charge < -0.3 is 19.3 Å². The number of hydrogen-bond donors (Lipinski definition) is 1. The summed E-state index contributed by atoms with van der Waals surface area (Å²) in [7, 11) is 0. The van der Waals surface area contributed by atoms with Gasteiger partial charge in [0.25, 0.3) is 5.78 Å². The second-order valence-corrected chi connectivity index (χ2v) is 12.4. The first-order valence-electron chi connectivity index (χ1n) is 15.0. The Labute approximate surface area is 275 Å². The predicted molar refractivity (Wildman–Crippen MR) is 176 cm³/mol. The summed E-state index contributed by atoms with van der Waals surface area (Å²) in [5.74, 6) is -0.506. The monoisotopic (exact) mass is 663 g/mol. The van der Waals surface area contributed by atoms with Gasteiger partial charge in [0.05, 0.1) is 31.4 Å². The molecule has 2 heterocycles. The van der Waals surface area contributed by atoms with Crippen LogP contribution >= 0.6 is 23.1 Å². The summed E-state index contributed by atoms with van der Waals surface area (Å²) < 4.78 is 32.1. The highest BCUT2D eigenvalue weighted by Gasteiger charge is 2.48. The van der Waals surface area contributed by atoms with E-state index < -0.39 is 17.7 Å². The van der Waals surface area contributed by atoms with E-state index in [4.69, 9.17) is 14.2 Å². The number of aliphatic hydroxyl groups is 1. The van der Waals surface area contributed by atoms with Gasteiger partial charge in [-0.3, -0.25) is 14.5 Å². The summed E-state index contributed by atoms with van der Waals surface area (Å²) in [6, 6.07) is 17.3. The van der Waals surface area contributed by atoms with Gasteiger partial charge in [-0.1, -0.05) is 61.2 Å². The minimum absolute atomic E-state index is 0.104. The zero-order valence-electron chi connectivity index (χ0n) is 25.7. The Hall–Kier alpha value is -4.42. The van der Waals surface area contributed by atoms with E-state index in [-0.39, 0.29) is 22.3 Å². The Morgan fingerprint density at radius 2 is 1.67 bits per heavy atom. The minimum atomic E-state index is -1.05. The van der Waals surface area contributed by atoms with Crippen molar-refractivity contribution in [1.82, 2.24) is 10.2 Å². The van der Waals surface area contributed by atoms with E-state index in [0.29, 0.717) is 63.9 Å². The van der Waals surface area contributed by atoms with Gasteiger partial charge in [0, 0.05) is 11.3 Å². The second-order valence-electron chi connectivity index (χ2n) is 10.3. The molecule has 0 bridgehead atoms. The van der Waals surface area contributed by atoms with Crippen molar-refractivity contribution in [2.45, 2.75) is 49.7 Å². The Morgan fingerprint density at radius 3 is 2.39 bits per heavy atom. The number of Topliss-reactive ketones (excluding diaryl/α,β-unsaturated/α-hetero) is 1. The van der Waals surface area contributed by atoms with Gasteiger partial charge in [-0.25, -0.2) is 4.39 Å². The van der Waals surface area contributed by atoms with Crippen LogP contribution < -0.4 is 19.1 Å². The summed E-state index contributed by atoms with van der Waals surface area (Å²) >= 11 is 2.37. The lowest BCUT2D eigenvalue weighted by atomic mass is 9.95. The van der Waals surface area contributed by atoms with Gasteiger partial charge in [0.15, 0.2) is 15.8 Å². The van der Waals surface area contributed by atoms with Crippen LogP contribution in [-0.4, -0.2) is 46.8 Å². The molecule has 0 radical (unpaired) electrons. The number of carbonyl (C=O) groups excluding carboxylic acids is 2. The third-order valence-corrected chi connectivity index (χ3v) is 9.11. The van der Waals surface area contributed by atoms with E-state index >= 15 is 0 Å². The Bertz CT molecular complexity index is 1730. The average molecular weight is 664 g/mol. The van der Waals surface area contributed by atoms with Gasteiger partial charge in [-0.2, -0.15) is 0 Å². The number of amides is 1. The molecule has 0 saturated carbocycles. The van der Waals surface area contributed by atoms with Crippen molar-refractivity contribution in [2.75, 3.05) is 24.7 Å². The number of rotatable bonds is 14. The summed E-state index contributed by atoms with van der Waals surface area (Å²) in [4.78, 5) is 28.6. The molecular formula is C34H34FN3O6S2. The topological polar surface area (TPSA) is 111 Å². The molecule has 1 atom stereocenters. The van der Waals surface area contributed by atoms with Gasteiger partial charge in [0.2, 0.25) is 5.13 Å². The van der Waals surface area contributed by atoms with Crippen molar-refractivity contribution in [1.29, 1.82) is 0 Å². The number of ketones is 1. The van der Waals surface area contributed by atoms with Crippen molar-refractivity contribution in [3.63, 3.8) is 0 Å². The molecule has 1 N–H and O–H groups in total. The number of carbonyl (C=O) groups is 2.